The van der Waals surface area contributed by atoms with Crippen molar-refractivity contribution in [3.05, 3.63) is 196 Å². The number of nitriles is 1. The SMILES string of the molecule is CCC(=O)N1CCc2cc(-c3ccc(C(=O)CCc4cnccc4C)cc3)ccc21.CCC(=O)N1CCc2cc(-c3ccc(C(=O)O)cc3)ccc21.Cc1ccncc1C#N.Cc1ccncc1CN. The number of aryl methyl sites for hydroxylation is 4. The van der Waals surface area contributed by atoms with Crippen molar-refractivity contribution < 1.29 is 24.3 Å². The third-order valence-electron chi connectivity index (χ3n) is 12.5. The lowest BCUT2D eigenvalue weighted by Gasteiger charge is -2.16. The number of nitrogens with zero attached hydrogens (tertiary/aromatic N) is 6. The summed E-state index contributed by atoms with van der Waals surface area (Å²) in [4.78, 5) is 63.1. The first-order chi connectivity index (χ1) is 33.8. The molecule has 3 N–H and O–H groups in total. The third-order valence-corrected chi connectivity index (χ3v) is 12.5. The molecule has 2 aliphatic heterocycles. The number of nitrogens with two attached hydrogens (primary N) is 1. The van der Waals surface area contributed by atoms with Crippen LogP contribution in [0.25, 0.3) is 22.3 Å². The number of anilines is 2. The fraction of sp³-hybridized carbons (Fsp3) is 0.241. The van der Waals surface area contributed by atoms with Crippen LogP contribution in [0.2, 0.25) is 0 Å². The lowest BCUT2D eigenvalue weighted by Crippen LogP contribution is -2.27. The van der Waals surface area contributed by atoms with Crippen LogP contribution in [0.15, 0.2) is 140 Å². The summed E-state index contributed by atoms with van der Waals surface area (Å²) >= 11 is 0. The van der Waals surface area contributed by atoms with Gasteiger partial charge in [-0.05, 0) is 156 Å². The van der Waals surface area contributed by atoms with Crippen molar-refractivity contribution in [2.45, 2.75) is 79.7 Å². The van der Waals surface area contributed by atoms with E-state index in [0.29, 0.717) is 37.8 Å². The Kier molecular flexibility index (Phi) is 18.1. The first-order valence-electron chi connectivity index (χ1n) is 23.5. The minimum Gasteiger partial charge on any atom is -0.478 e. The van der Waals surface area contributed by atoms with Gasteiger partial charge in [0.1, 0.15) is 6.07 Å². The second kappa shape index (κ2) is 24.8. The van der Waals surface area contributed by atoms with Gasteiger partial charge in [0.05, 0.1) is 11.1 Å². The second-order valence-corrected chi connectivity index (χ2v) is 17.0. The summed E-state index contributed by atoms with van der Waals surface area (Å²) in [6, 6.07) is 34.8. The molecule has 356 valence electrons. The molecule has 12 nitrogen and oxygen atoms in total. The van der Waals surface area contributed by atoms with E-state index in [0.717, 1.165) is 81.8 Å². The van der Waals surface area contributed by atoms with E-state index in [-0.39, 0.29) is 23.2 Å². The molecular formula is C58H59N7O5. The van der Waals surface area contributed by atoms with E-state index in [1.807, 2.05) is 129 Å². The molecule has 0 saturated heterocycles. The number of carboxylic acids is 1. The molecule has 2 aliphatic rings. The molecule has 0 spiro atoms. The van der Waals surface area contributed by atoms with Gasteiger partial charge in [0.15, 0.2) is 5.78 Å². The van der Waals surface area contributed by atoms with Crippen LogP contribution in [0.1, 0.15) is 98.3 Å². The molecule has 0 unspecified atom stereocenters. The van der Waals surface area contributed by atoms with E-state index < -0.39 is 5.97 Å². The van der Waals surface area contributed by atoms with Gasteiger partial charge in [-0.15, -0.1) is 0 Å². The Bertz CT molecular complexity index is 2990. The number of carboxylic acid groups (broad SMARTS) is 1. The summed E-state index contributed by atoms with van der Waals surface area (Å²) in [6.07, 6.45) is 14.4. The lowest BCUT2D eigenvalue weighted by molar-refractivity contribution is -0.119. The molecule has 3 aromatic heterocycles. The number of aromatic nitrogens is 3. The third kappa shape index (κ3) is 13.1. The number of fused-ring (bicyclic) bond motifs is 2. The highest BCUT2D eigenvalue weighted by molar-refractivity contribution is 5.98. The number of carbonyl (C=O) groups excluding carboxylic acids is 3. The smallest absolute Gasteiger partial charge is 0.335 e. The van der Waals surface area contributed by atoms with Crippen molar-refractivity contribution in [3.63, 3.8) is 0 Å². The summed E-state index contributed by atoms with van der Waals surface area (Å²) in [6.45, 7) is 11.8. The van der Waals surface area contributed by atoms with Crippen LogP contribution in [0.3, 0.4) is 0 Å². The van der Waals surface area contributed by atoms with Gasteiger partial charge in [0.25, 0.3) is 0 Å². The summed E-state index contributed by atoms with van der Waals surface area (Å²) in [5.41, 5.74) is 21.3. The van der Waals surface area contributed by atoms with Crippen molar-refractivity contribution in [2.75, 3.05) is 22.9 Å². The highest BCUT2D eigenvalue weighted by Crippen LogP contribution is 2.34. The molecule has 0 radical (unpaired) electrons. The maximum atomic E-state index is 12.6. The molecule has 0 fully saturated rings. The van der Waals surface area contributed by atoms with Crippen LogP contribution in [0.4, 0.5) is 11.4 Å². The summed E-state index contributed by atoms with van der Waals surface area (Å²) in [5.74, 6) is -0.454. The van der Waals surface area contributed by atoms with Gasteiger partial charge in [0.2, 0.25) is 11.8 Å². The number of aromatic carboxylic acids is 1. The Hall–Kier alpha value is -8.14. The Balaban J connectivity index is 0.000000174. The number of Topliss-reactive ketones (excluding diaryl/α,β-unsaturated/α-hetero) is 1. The van der Waals surface area contributed by atoms with E-state index in [1.54, 1.807) is 43.1 Å². The Morgan fingerprint density at radius 1 is 0.600 bits per heavy atom. The number of rotatable bonds is 10. The first kappa shape index (κ1) is 51.3. The van der Waals surface area contributed by atoms with Gasteiger partial charge in [0, 0.05) is 93.0 Å². The maximum Gasteiger partial charge on any atom is 0.335 e. The molecule has 0 aliphatic carbocycles. The van der Waals surface area contributed by atoms with Crippen LogP contribution in [-0.2, 0) is 35.4 Å². The van der Waals surface area contributed by atoms with Crippen LogP contribution < -0.4 is 15.5 Å². The number of pyridine rings is 3. The molecule has 5 heterocycles. The van der Waals surface area contributed by atoms with Crippen LogP contribution in [0, 0.1) is 32.1 Å². The van der Waals surface area contributed by atoms with Crippen molar-refractivity contribution >= 4 is 34.9 Å². The summed E-state index contributed by atoms with van der Waals surface area (Å²) in [7, 11) is 0. The van der Waals surface area contributed by atoms with Crippen LogP contribution >= 0.6 is 0 Å². The first-order valence-corrected chi connectivity index (χ1v) is 23.5. The van der Waals surface area contributed by atoms with Gasteiger partial charge in [-0.1, -0.05) is 62.4 Å². The minimum atomic E-state index is -0.922. The predicted molar refractivity (Wildman–Crippen MR) is 276 cm³/mol. The van der Waals surface area contributed by atoms with Crippen molar-refractivity contribution in [1.82, 2.24) is 15.0 Å². The van der Waals surface area contributed by atoms with Crippen molar-refractivity contribution in [2.24, 2.45) is 5.73 Å². The minimum absolute atomic E-state index is 0.146. The zero-order valence-electron chi connectivity index (χ0n) is 40.5. The average Bonchev–Trinajstić information content (AvgIpc) is 4.03. The normalized spacial score (nSPS) is 11.8. The standard InChI is InChI=1S/C26H26N2O2.C18H17NO3.C7H10N2.C7H6N2/c1-3-26(30)28-15-13-22-16-21(8-10-24(22)28)19-4-6-20(7-5-19)25(29)11-9-23-17-27-14-12-18(23)2;1-2-17(20)19-10-9-15-11-14(7-8-16(15)19)12-3-5-13(6-4-12)18(21)22;2*1-6-2-3-9-5-7(6)4-8/h4-8,10,12,14,16-17H,3,9,11,13,15H2,1-2H3;3-8,11H,2,9-10H2,1H3,(H,21,22);2-3,5H,4,8H2,1H3;2-3,5H,1H3. The fourth-order valence-electron chi connectivity index (χ4n) is 8.16. The molecule has 9 rings (SSSR count). The molecule has 0 atom stereocenters. The quantitative estimate of drug-likeness (QED) is 0.125. The van der Waals surface area contributed by atoms with E-state index in [1.165, 1.54) is 22.3 Å². The molecule has 4 aromatic carbocycles. The molecule has 70 heavy (non-hydrogen) atoms. The monoisotopic (exact) mass is 933 g/mol. The van der Waals surface area contributed by atoms with E-state index in [9.17, 15) is 19.2 Å². The van der Waals surface area contributed by atoms with Crippen LogP contribution in [-0.4, -0.2) is 56.7 Å². The second-order valence-electron chi connectivity index (χ2n) is 17.0. The Morgan fingerprint density at radius 2 is 1.04 bits per heavy atom. The van der Waals surface area contributed by atoms with Gasteiger partial charge < -0.3 is 20.6 Å². The zero-order valence-corrected chi connectivity index (χ0v) is 40.5. The van der Waals surface area contributed by atoms with E-state index in [2.05, 4.69) is 33.2 Å². The van der Waals surface area contributed by atoms with Gasteiger partial charge in [-0.2, -0.15) is 5.26 Å². The maximum absolute atomic E-state index is 12.6. The molecule has 2 amide bonds. The highest BCUT2D eigenvalue weighted by atomic mass is 16.4. The molecule has 7 aromatic rings. The number of hydrogen-bond donors (Lipinski definition) is 2. The van der Waals surface area contributed by atoms with Crippen molar-refractivity contribution in [1.29, 1.82) is 5.26 Å². The number of hydrogen-bond acceptors (Lipinski definition) is 9. The number of amides is 2. The average molecular weight is 934 g/mol. The van der Waals surface area contributed by atoms with E-state index in [4.69, 9.17) is 16.1 Å². The number of ketones is 1. The molecule has 0 bridgehead atoms. The van der Waals surface area contributed by atoms with E-state index >= 15 is 0 Å². The molecular weight excluding hydrogens is 875 g/mol. The van der Waals surface area contributed by atoms with Crippen molar-refractivity contribution in [3.8, 4) is 28.3 Å². The topological polar surface area (TPSA) is 183 Å². The summed E-state index contributed by atoms with van der Waals surface area (Å²) < 4.78 is 0. The molecule has 0 saturated carbocycles. The fourth-order valence-corrected chi connectivity index (χ4v) is 8.16. The van der Waals surface area contributed by atoms with Crippen LogP contribution in [0.5, 0.6) is 0 Å². The number of carbonyl (C=O) groups is 4. The zero-order chi connectivity index (χ0) is 50.2. The highest BCUT2D eigenvalue weighted by Gasteiger charge is 2.25. The number of benzene rings is 4. The van der Waals surface area contributed by atoms with Gasteiger partial charge >= 0.3 is 5.97 Å². The lowest BCUT2D eigenvalue weighted by atomic mass is 9.97. The Labute approximate surface area is 410 Å². The molecule has 12 heteroatoms. The Morgan fingerprint density at radius 3 is 1.44 bits per heavy atom. The van der Waals surface area contributed by atoms with Gasteiger partial charge in [-0.3, -0.25) is 29.3 Å². The predicted octanol–water partition coefficient (Wildman–Crippen LogP) is 10.6. The largest absolute Gasteiger partial charge is 0.478 e. The van der Waals surface area contributed by atoms with Gasteiger partial charge in [-0.25, -0.2) is 4.79 Å². The summed E-state index contributed by atoms with van der Waals surface area (Å²) in [5, 5.41) is 17.4.